The topological polar surface area (TPSA) is 83.7 Å². The van der Waals surface area contributed by atoms with Gasteiger partial charge in [0.25, 0.3) is 5.91 Å². The Kier molecular flexibility index (Phi) is 7.43. The van der Waals surface area contributed by atoms with Crippen molar-refractivity contribution >= 4 is 17.3 Å². The van der Waals surface area contributed by atoms with E-state index in [1.54, 1.807) is 18.5 Å². The Hall–Kier alpha value is -3.44. The molecule has 2 aliphatic rings. The second-order valence-electron chi connectivity index (χ2n) is 9.29. The van der Waals surface area contributed by atoms with Crippen LogP contribution in [0, 0.1) is 0 Å². The predicted octanol–water partition coefficient (Wildman–Crippen LogP) is 4.56. The van der Waals surface area contributed by atoms with E-state index in [2.05, 4.69) is 20.2 Å². The lowest BCUT2D eigenvalue weighted by atomic mass is 9.93. The summed E-state index contributed by atoms with van der Waals surface area (Å²) in [4.78, 5) is 25.6. The van der Waals surface area contributed by atoms with Gasteiger partial charge < -0.3 is 19.4 Å². The third-order valence-electron chi connectivity index (χ3n) is 6.87. The Morgan fingerprint density at radius 1 is 1.05 bits per heavy atom. The van der Waals surface area contributed by atoms with Crippen molar-refractivity contribution in [3.8, 4) is 0 Å². The first kappa shape index (κ1) is 25.2. The van der Waals surface area contributed by atoms with Gasteiger partial charge >= 0.3 is 6.18 Å². The minimum absolute atomic E-state index is 0.111. The van der Waals surface area contributed by atoms with Gasteiger partial charge in [-0.2, -0.15) is 13.2 Å². The first-order valence-electron chi connectivity index (χ1n) is 12.3. The molecule has 11 heteroatoms. The summed E-state index contributed by atoms with van der Waals surface area (Å²) in [6, 6.07) is 6.95. The van der Waals surface area contributed by atoms with E-state index in [1.165, 1.54) is 12.5 Å². The van der Waals surface area contributed by atoms with E-state index < -0.39 is 17.6 Å². The fourth-order valence-corrected chi connectivity index (χ4v) is 4.78. The average molecular weight is 516 g/mol. The van der Waals surface area contributed by atoms with Crippen molar-refractivity contribution < 1.29 is 27.1 Å². The van der Waals surface area contributed by atoms with Crippen LogP contribution in [0.15, 0.2) is 53.6 Å². The molecule has 0 spiro atoms. The molecule has 2 aromatic heterocycles. The van der Waals surface area contributed by atoms with Crippen LogP contribution < -0.4 is 10.2 Å². The molecule has 2 saturated heterocycles. The maximum atomic E-state index is 13.5. The maximum Gasteiger partial charge on any atom is 0.416 e. The third-order valence-corrected chi connectivity index (χ3v) is 6.87. The molecule has 4 heterocycles. The largest absolute Gasteiger partial charge is 0.451 e. The molecule has 0 atom stereocenters. The van der Waals surface area contributed by atoms with Crippen molar-refractivity contribution in [1.29, 1.82) is 0 Å². The number of ether oxygens (including phenoxy) is 1. The molecule has 8 nitrogen and oxygen atoms in total. The SMILES string of the molecule is O=C(Nc1cc(C(F)(F)F)ccc1N1CCN(Cc2cocn2)CC1)c1ccc(C2CCOCC2)cn1. The van der Waals surface area contributed by atoms with Gasteiger partial charge in [0, 0.05) is 52.1 Å². The zero-order valence-corrected chi connectivity index (χ0v) is 20.2. The first-order chi connectivity index (χ1) is 17.9. The number of hydrogen-bond acceptors (Lipinski definition) is 7. The number of benzene rings is 1. The quantitative estimate of drug-likeness (QED) is 0.516. The van der Waals surface area contributed by atoms with Gasteiger partial charge in [-0.05, 0) is 48.6 Å². The minimum atomic E-state index is -4.53. The van der Waals surface area contributed by atoms with Crippen molar-refractivity contribution in [3.05, 3.63) is 71.7 Å². The van der Waals surface area contributed by atoms with Gasteiger partial charge in [0.2, 0.25) is 0 Å². The molecule has 0 aliphatic carbocycles. The van der Waals surface area contributed by atoms with Crippen molar-refractivity contribution in [2.75, 3.05) is 49.6 Å². The lowest BCUT2D eigenvalue weighted by molar-refractivity contribution is -0.137. The highest BCUT2D eigenvalue weighted by atomic mass is 19.4. The van der Waals surface area contributed by atoms with Crippen molar-refractivity contribution in [2.24, 2.45) is 0 Å². The number of hydrogen-bond donors (Lipinski definition) is 1. The summed E-state index contributed by atoms with van der Waals surface area (Å²) in [5.41, 5.74) is 1.84. The third kappa shape index (κ3) is 6.11. The molecule has 0 saturated carbocycles. The maximum absolute atomic E-state index is 13.5. The van der Waals surface area contributed by atoms with E-state index in [0.29, 0.717) is 57.5 Å². The highest BCUT2D eigenvalue weighted by Crippen LogP contribution is 2.36. The number of piperazine rings is 1. The fourth-order valence-electron chi connectivity index (χ4n) is 4.78. The Morgan fingerprint density at radius 2 is 1.84 bits per heavy atom. The Labute approximate surface area is 212 Å². The lowest BCUT2D eigenvalue weighted by Gasteiger charge is -2.36. The zero-order chi connectivity index (χ0) is 25.8. The summed E-state index contributed by atoms with van der Waals surface area (Å²) < 4.78 is 50.9. The van der Waals surface area contributed by atoms with E-state index >= 15 is 0 Å². The standard InChI is InChI=1S/C26H28F3N5O3/c27-26(28,29)20-2-4-24(34-9-7-33(8-10-34)15-21-16-37-17-31-21)23(13-20)32-25(35)22-3-1-19(14-30-22)18-5-11-36-12-6-18/h1-4,13-14,16-18H,5-12,15H2,(H,32,35). The molecule has 196 valence electrons. The van der Waals surface area contributed by atoms with E-state index in [-0.39, 0.29) is 11.4 Å². The van der Waals surface area contributed by atoms with Crippen molar-refractivity contribution in [2.45, 2.75) is 31.5 Å². The molecule has 1 aromatic carbocycles. The van der Waals surface area contributed by atoms with Crippen LogP contribution in [0.25, 0.3) is 0 Å². The van der Waals surface area contributed by atoms with E-state index in [9.17, 15) is 18.0 Å². The number of carbonyl (C=O) groups excluding carboxylic acids is 1. The van der Waals surface area contributed by atoms with E-state index in [1.807, 2.05) is 11.0 Å². The smallest absolute Gasteiger partial charge is 0.416 e. The van der Waals surface area contributed by atoms with Gasteiger partial charge in [-0.1, -0.05) is 6.07 Å². The van der Waals surface area contributed by atoms with Crippen LogP contribution in [0.3, 0.4) is 0 Å². The highest BCUT2D eigenvalue weighted by Gasteiger charge is 2.32. The number of carbonyl (C=O) groups is 1. The molecule has 37 heavy (non-hydrogen) atoms. The van der Waals surface area contributed by atoms with E-state index in [0.717, 1.165) is 36.2 Å². The molecule has 1 N–H and O–H groups in total. The molecule has 2 fully saturated rings. The zero-order valence-electron chi connectivity index (χ0n) is 20.2. The van der Waals surface area contributed by atoms with Gasteiger partial charge in [-0.3, -0.25) is 14.7 Å². The second-order valence-corrected chi connectivity index (χ2v) is 9.29. The van der Waals surface area contributed by atoms with Gasteiger partial charge in [-0.25, -0.2) is 4.98 Å². The Bertz CT molecular complexity index is 1190. The first-order valence-corrected chi connectivity index (χ1v) is 12.3. The Balaban J connectivity index is 1.31. The Morgan fingerprint density at radius 3 is 2.49 bits per heavy atom. The summed E-state index contributed by atoms with van der Waals surface area (Å²) in [5, 5.41) is 2.68. The molecule has 0 radical (unpaired) electrons. The number of oxazole rings is 1. The molecule has 1 amide bonds. The van der Waals surface area contributed by atoms with Gasteiger partial charge in [0.05, 0.1) is 22.6 Å². The second kappa shape index (κ2) is 10.9. The van der Waals surface area contributed by atoms with Crippen molar-refractivity contribution in [3.63, 3.8) is 0 Å². The summed E-state index contributed by atoms with van der Waals surface area (Å²) in [6.07, 6.45) is 1.92. The number of anilines is 2. The molecular formula is C26H28F3N5O3. The van der Waals surface area contributed by atoms with Gasteiger partial charge in [-0.15, -0.1) is 0 Å². The summed E-state index contributed by atoms with van der Waals surface area (Å²) in [6.45, 7) is 4.58. The number of nitrogens with zero attached hydrogens (tertiary/aromatic N) is 4. The number of amides is 1. The summed E-state index contributed by atoms with van der Waals surface area (Å²) in [7, 11) is 0. The number of alkyl halides is 3. The molecule has 0 bridgehead atoms. The monoisotopic (exact) mass is 515 g/mol. The minimum Gasteiger partial charge on any atom is -0.451 e. The summed E-state index contributed by atoms with van der Waals surface area (Å²) in [5.74, 6) is -0.222. The molecular weight excluding hydrogens is 487 g/mol. The van der Waals surface area contributed by atoms with Crippen LogP contribution in [-0.2, 0) is 17.5 Å². The molecule has 0 unspecified atom stereocenters. The molecule has 5 rings (SSSR count). The normalized spacial score (nSPS) is 17.6. The van der Waals surface area contributed by atoms with Gasteiger partial charge in [0.1, 0.15) is 12.0 Å². The van der Waals surface area contributed by atoms with Crippen molar-refractivity contribution in [1.82, 2.24) is 14.9 Å². The van der Waals surface area contributed by atoms with Crippen LogP contribution >= 0.6 is 0 Å². The highest BCUT2D eigenvalue weighted by molar-refractivity contribution is 6.04. The number of aromatic nitrogens is 2. The molecule has 3 aromatic rings. The fraction of sp³-hybridized carbons (Fsp3) is 0.423. The van der Waals surface area contributed by atoms with Crippen LogP contribution in [0.5, 0.6) is 0 Å². The number of nitrogens with one attached hydrogen (secondary N) is 1. The van der Waals surface area contributed by atoms with Crippen LogP contribution in [0.2, 0.25) is 0 Å². The van der Waals surface area contributed by atoms with E-state index in [4.69, 9.17) is 9.15 Å². The number of rotatable bonds is 6. The molecule has 2 aliphatic heterocycles. The van der Waals surface area contributed by atoms with Gasteiger partial charge in [0.15, 0.2) is 6.39 Å². The summed E-state index contributed by atoms with van der Waals surface area (Å²) >= 11 is 0. The lowest BCUT2D eigenvalue weighted by Crippen LogP contribution is -2.46. The van der Waals surface area contributed by atoms with Crippen LogP contribution in [0.1, 0.15) is 46.1 Å². The number of halogens is 3. The number of pyridine rings is 1. The average Bonchev–Trinajstić information content (AvgIpc) is 3.42. The van der Waals surface area contributed by atoms with Crippen LogP contribution in [0.4, 0.5) is 24.5 Å². The van der Waals surface area contributed by atoms with Crippen LogP contribution in [-0.4, -0.2) is 60.2 Å². The predicted molar refractivity (Wildman–Crippen MR) is 130 cm³/mol.